The molecule has 0 radical (unpaired) electrons. The number of β-lactam (4-membered cyclic amide) rings is 1. The number of carboxylic acid groups (broad SMARTS) is 1. The number of carboxylic acids is 1. The number of likely N-dealkylation sites (N-methyl/N-ethyl adjacent to an activating group) is 1. The van der Waals surface area contributed by atoms with Crippen LogP contribution in [0.4, 0.5) is 5.13 Å². The number of oxime groups is 1. The molecule has 220 valence electrons. The van der Waals surface area contributed by atoms with Gasteiger partial charge in [-0.2, -0.15) is 0 Å². The highest BCUT2D eigenvalue weighted by molar-refractivity contribution is 8.01. The number of fused-ring (bicyclic) bond motifs is 1. The Hall–Kier alpha value is -3.26. The van der Waals surface area contributed by atoms with Gasteiger partial charge < -0.3 is 25.9 Å². The molecule has 0 spiro atoms. The van der Waals surface area contributed by atoms with Gasteiger partial charge in [-0.25, -0.2) is 14.5 Å². The van der Waals surface area contributed by atoms with Crippen LogP contribution in [-0.4, -0.2) is 138 Å². The predicted octanol–water partition coefficient (Wildman–Crippen LogP) is -1.16. The first-order chi connectivity index (χ1) is 19.8. The number of aromatic nitrogens is 5. The molecule has 2 amide bonds. The molecular weight excluding hydrogens is 595 g/mol. The maximum Gasteiger partial charge on any atom is 0.352 e. The number of amides is 2. The van der Waals surface area contributed by atoms with Crippen molar-refractivity contribution in [2.45, 2.75) is 23.1 Å². The number of rotatable bonds is 11. The molecular formula is C22H29N11O5S3. The first kappa shape index (κ1) is 29.2. The van der Waals surface area contributed by atoms with E-state index in [1.807, 2.05) is 0 Å². The van der Waals surface area contributed by atoms with Crippen molar-refractivity contribution >= 4 is 63.5 Å². The Morgan fingerprint density at radius 2 is 2.07 bits per heavy atom. The lowest BCUT2D eigenvalue weighted by molar-refractivity contribution is -0.150. The molecule has 5 heterocycles. The molecule has 41 heavy (non-hydrogen) atoms. The minimum atomic E-state index is -1.21. The second-order valence-electron chi connectivity index (χ2n) is 9.43. The SMILES string of the molecule is CON=C(C(=O)NC1C(=O)N2C(C(=O)O)=C(CSc3nnnn3CCN3CCN(C)CC3)CS[C@@H]12)c1csc(N)n1. The normalized spacial score (nSPS) is 22.0. The quantitative estimate of drug-likeness (QED) is 0.117. The fraction of sp³-hybridized carbons (Fsp3) is 0.545. The minimum absolute atomic E-state index is 0.0775. The van der Waals surface area contributed by atoms with E-state index in [4.69, 9.17) is 10.6 Å². The second kappa shape index (κ2) is 12.7. The maximum atomic E-state index is 13.1. The van der Waals surface area contributed by atoms with Crippen LogP contribution in [0, 0.1) is 0 Å². The van der Waals surface area contributed by atoms with Crippen LogP contribution >= 0.6 is 34.9 Å². The van der Waals surface area contributed by atoms with Gasteiger partial charge in [0.1, 0.15) is 29.9 Å². The van der Waals surface area contributed by atoms with Gasteiger partial charge in [0.15, 0.2) is 10.8 Å². The average Bonchev–Trinajstić information content (AvgIpc) is 3.60. The zero-order chi connectivity index (χ0) is 29.1. The van der Waals surface area contributed by atoms with Gasteiger partial charge in [-0.05, 0) is 23.0 Å². The summed E-state index contributed by atoms with van der Waals surface area (Å²) in [5, 5.41) is 30.2. The number of aliphatic carboxylic acids is 1. The summed E-state index contributed by atoms with van der Waals surface area (Å²) in [4.78, 5) is 53.0. The monoisotopic (exact) mass is 623 g/mol. The summed E-state index contributed by atoms with van der Waals surface area (Å²) in [5.41, 5.74) is 6.25. The summed E-state index contributed by atoms with van der Waals surface area (Å²) in [6.07, 6.45) is 0. The fourth-order valence-corrected chi connectivity index (χ4v) is 7.53. The number of nitrogen functional groups attached to an aromatic ring is 1. The van der Waals surface area contributed by atoms with Crippen LogP contribution in [0.25, 0.3) is 0 Å². The van der Waals surface area contributed by atoms with Crippen LogP contribution < -0.4 is 11.1 Å². The van der Waals surface area contributed by atoms with Crippen molar-refractivity contribution in [3.8, 4) is 0 Å². The van der Waals surface area contributed by atoms with E-state index in [1.165, 1.54) is 35.5 Å². The Kier molecular flexibility index (Phi) is 9.07. The fourth-order valence-electron chi connectivity index (χ4n) is 4.60. The van der Waals surface area contributed by atoms with Crippen molar-refractivity contribution in [3.63, 3.8) is 0 Å². The zero-order valence-corrected chi connectivity index (χ0v) is 24.7. The van der Waals surface area contributed by atoms with Crippen LogP contribution in [0.3, 0.4) is 0 Å². The van der Waals surface area contributed by atoms with Crippen molar-refractivity contribution in [1.82, 2.24) is 45.2 Å². The summed E-state index contributed by atoms with van der Waals surface area (Å²) in [7, 11) is 3.39. The molecule has 1 unspecified atom stereocenters. The summed E-state index contributed by atoms with van der Waals surface area (Å²) < 4.78 is 1.72. The van der Waals surface area contributed by atoms with Gasteiger partial charge in [0.05, 0.1) is 6.54 Å². The van der Waals surface area contributed by atoms with E-state index in [1.54, 1.807) is 10.1 Å². The van der Waals surface area contributed by atoms with Gasteiger partial charge in [0, 0.05) is 49.6 Å². The number of carbonyl (C=O) groups is 3. The number of piperazine rings is 1. The number of anilines is 1. The number of nitrogens with one attached hydrogen (secondary N) is 1. The Morgan fingerprint density at radius 3 is 2.76 bits per heavy atom. The van der Waals surface area contributed by atoms with E-state index in [-0.39, 0.29) is 22.2 Å². The van der Waals surface area contributed by atoms with E-state index >= 15 is 0 Å². The van der Waals surface area contributed by atoms with Gasteiger partial charge >= 0.3 is 5.97 Å². The largest absolute Gasteiger partial charge is 0.477 e. The van der Waals surface area contributed by atoms with Crippen molar-refractivity contribution in [2.24, 2.45) is 5.16 Å². The first-order valence-electron chi connectivity index (χ1n) is 12.6. The number of thioether (sulfide) groups is 2. The van der Waals surface area contributed by atoms with Gasteiger partial charge in [-0.1, -0.05) is 16.9 Å². The van der Waals surface area contributed by atoms with Crippen LogP contribution in [0.2, 0.25) is 0 Å². The topological polar surface area (TPSA) is 197 Å². The highest BCUT2D eigenvalue weighted by Gasteiger charge is 2.54. The van der Waals surface area contributed by atoms with Crippen LogP contribution in [0.5, 0.6) is 0 Å². The van der Waals surface area contributed by atoms with Crippen molar-refractivity contribution in [1.29, 1.82) is 0 Å². The summed E-state index contributed by atoms with van der Waals surface area (Å²) in [6, 6.07) is -0.934. The molecule has 0 aromatic carbocycles. The lowest BCUT2D eigenvalue weighted by Gasteiger charge is -2.49. The molecule has 2 saturated heterocycles. The highest BCUT2D eigenvalue weighted by Crippen LogP contribution is 2.41. The van der Waals surface area contributed by atoms with Gasteiger partial charge in [-0.15, -0.1) is 28.2 Å². The average molecular weight is 624 g/mol. The molecule has 19 heteroatoms. The second-order valence-corrected chi connectivity index (χ2v) is 12.4. The third-order valence-corrected chi connectivity index (χ3v) is 9.85. The standard InChI is InChI=1S/C22H29N11O5S3/c1-30-3-5-31(6-4-30)7-8-32-22(26-28-29-32)41-10-12-9-39-19-15(18(35)33(19)16(12)20(36)37)25-17(34)14(27-38-2)13-11-40-21(23)24-13/h11,15,19H,3-10H2,1-2H3,(H2,23,24)(H,25,34)(H,36,37)/t15?,19-/m0/s1. The number of nitrogens with two attached hydrogens (primary N) is 1. The third-order valence-electron chi connectivity index (χ3n) is 6.80. The highest BCUT2D eigenvalue weighted by atomic mass is 32.2. The molecule has 2 atom stereocenters. The number of tetrazole rings is 1. The molecule has 5 rings (SSSR count). The van der Waals surface area contributed by atoms with E-state index in [0.717, 1.165) is 44.1 Å². The predicted molar refractivity (Wildman–Crippen MR) is 152 cm³/mol. The molecule has 2 fully saturated rings. The smallest absolute Gasteiger partial charge is 0.352 e. The summed E-state index contributed by atoms with van der Waals surface area (Å²) in [5.74, 6) is -1.76. The van der Waals surface area contributed by atoms with Crippen LogP contribution in [0.15, 0.2) is 27.0 Å². The first-order valence-corrected chi connectivity index (χ1v) is 15.5. The Morgan fingerprint density at radius 1 is 1.29 bits per heavy atom. The number of thiazole rings is 1. The van der Waals surface area contributed by atoms with Crippen molar-refractivity contribution in [2.75, 3.05) is 64.1 Å². The lowest BCUT2D eigenvalue weighted by Crippen LogP contribution is -2.71. The molecule has 2 aromatic rings. The third kappa shape index (κ3) is 6.32. The summed E-state index contributed by atoms with van der Waals surface area (Å²) in [6.45, 7) is 5.44. The molecule has 0 aliphatic carbocycles. The number of carbonyl (C=O) groups excluding carboxylic acids is 2. The van der Waals surface area contributed by atoms with E-state index in [0.29, 0.717) is 28.8 Å². The van der Waals surface area contributed by atoms with Crippen molar-refractivity contribution in [3.05, 3.63) is 22.3 Å². The summed E-state index contributed by atoms with van der Waals surface area (Å²) >= 11 is 3.83. The number of hydrogen-bond acceptors (Lipinski definition) is 15. The Labute approximate surface area is 247 Å². The van der Waals surface area contributed by atoms with Crippen molar-refractivity contribution < 1.29 is 24.3 Å². The van der Waals surface area contributed by atoms with Gasteiger partial charge in [0.2, 0.25) is 5.16 Å². The van der Waals surface area contributed by atoms with Crippen LogP contribution in [-0.2, 0) is 25.8 Å². The maximum absolute atomic E-state index is 13.1. The van der Waals surface area contributed by atoms with E-state index in [9.17, 15) is 19.5 Å². The van der Waals surface area contributed by atoms with E-state index in [2.05, 4.69) is 47.8 Å². The molecule has 0 saturated carbocycles. The number of nitrogens with zero attached hydrogens (tertiary/aromatic N) is 9. The molecule has 2 aromatic heterocycles. The molecule has 3 aliphatic rings. The zero-order valence-electron chi connectivity index (χ0n) is 22.3. The molecule has 4 N–H and O–H groups in total. The minimum Gasteiger partial charge on any atom is -0.477 e. The van der Waals surface area contributed by atoms with E-state index < -0.39 is 29.2 Å². The molecule has 0 bridgehead atoms. The Balaban J connectivity index is 1.22. The van der Waals surface area contributed by atoms with Gasteiger partial charge in [0.25, 0.3) is 11.8 Å². The lowest BCUT2D eigenvalue weighted by atomic mass is 10.0. The van der Waals surface area contributed by atoms with Crippen LogP contribution in [0.1, 0.15) is 5.69 Å². The van der Waals surface area contributed by atoms with Gasteiger partial charge in [-0.3, -0.25) is 19.4 Å². The Bertz CT molecular complexity index is 1370. The molecule has 3 aliphatic heterocycles. The number of hydrogen-bond donors (Lipinski definition) is 3. The molecule has 16 nitrogen and oxygen atoms in total.